The van der Waals surface area contributed by atoms with Gasteiger partial charge in [0.15, 0.2) is 11.6 Å². The number of rotatable bonds is 2. The van der Waals surface area contributed by atoms with Crippen LogP contribution in [-0.2, 0) is 5.41 Å². The quantitative estimate of drug-likeness (QED) is 0.847. The first-order valence-electron chi connectivity index (χ1n) is 3.90. The van der Waals surface area contributed by atoms with E-state index in [-0.39, 0.29) is 5.41 Å². The van der Waals surface area contributed by atoms with E-state index in [0.29, 0.717) is 5.82 Å². The molecule has 2 N–H and O–H groups in total. The van der Waals surface area contributed by atoms with E-state index in [1.807, 2.05) is 0 Å². The van der Waals surface area contributed by atoms with Gasteiger partial charge in [0.05, 0.1) is 0 Å². The fourth-order valence-corrected chi connectivity index (χ4v) is 1.80. The molecular formula is C8H13IN2O. The van der Waals surface area contributed by atoms with Crippen molar-refractivity contribution in [2.75, 3.05) is 5.73 Å². The number of hydrogen-bond acceptors (Lipinski definition) is 3. The fraction of sp³-hybridized carbons (Fsp3) is 0.625. The normalized spacial score (nSPS) is 12.0. The Kier molecular flexibility index (Phi) is 2.65. The third kappa shape index (κ3) is 1.57. The first-order valence-corrected chi connectivity index (χ1v) is 4.98. The predicted octanol–water partition coefficient (Wildman–Crippen LogP) is 2.55. The molecule has 12 heavy (non-hydrogen) atoms. The van der Waals surface area contributed by atoms with Crippen LogP contribution in [0.4, 0.5) is 5.82 Å². The zero-order chi connectivity index (χ0) is 9.35. The summed E-state index contributed by atoms with van der Waals surface area (Å²) in [4.78, 5) is 0. The summed E-state index contributed by atoms with van der Waals surface area (Å²) in [5.41, 5.74) is 5.61. The number of anilines is 1. The van der Waals surface area contributed by atoms with E-state index in [1.54, 1.807) is 0 Å². The minimum atomic E-state index is 0.0289. The highest BCUT2D eigenvalue weighted by Gasteiger charge is 2.27. The molecule has 4 heteroatoms. The van der Waals surface area contributed by atoms with Crippen LogP contribution in [0.15, 0.2) is 4.52 Å². The third-order valence-corrected chi connectivity index (χ3v) is 3.20. The molecule has 0 aromatic carbocycles. The molecule has 0 aliphatic heterocycles. The van der Waals surface area contributed by atoms with Gasteiger partial charge < -0.3 is 10.3 Å². The standard InChI is InChI=1S/C8H13IN2O/c1-4-8(2,3)6-5(9)7(10)11-12-6/h4H2,1-3H3,(H2,10,11). The van der Waals surface area contributed by atoms with E-state index in [4.69, 9.17) is 10.3 Å². The van der Waals surface area contributed by atoms with E-state index in [9.17, 15) is 0 Å². The highest BCUT2D eigenvalue weighted by molar-refractivity contribution is 14.1. The van der Waals surface area contributed by atoms with Crippen LogP contribution in [0.5, 0.6) is 0 Å². The number of nitrogen functional groups attached to an aromatic ring is 1. The second-order valence-electron chi connectivity index (χ2n) is 3.45. The van der Waals surface area contributed by atoms with E-state index >= 15 is 0 Å². The molecule has 0 unspecified atom stereocenters. The lowest BCUT2D eigenvalue weighted by atomic mass is 9.87. The maximum absolute atomic E-state index is 5.58. The molecule has 1 aromatic heterocycles. The number of halogens is 1. The van der Waals surface area contributed by atoms with Crippen LogP contribution in [0.2, 0.25) is 0 Å². The molecule has 0 radical (unpaired) electrons. The fourth-order valence-electron chi connectivity index (χ4n) is 0.872. The molecule has 1 aromatic rings. The molecule has 0 amide bonds. The molecule has 1 heterocycles. The summed E-state index contributed by atoms with van der Waals surface area (Å²) >= 11 is 2.17. The van der Waals surface area contributed by atoms with Crippen LogP contribution in [0.1, 0.15) is 33.0 Å². The minimum absolute atomic E-state index is 0.0289. The molecule has 0 bridgehead atoms. The minimum Gasteiger partial charge on any atom is -0.380 e. The Labute approximate surface area is 85.8 Å². The second-order valence-corrected chi connectivity index (χ2v) is 4.53. The van der Waals surface area contributed by atoms with Gasteiger partial charge in [0.25, 0.3) is 0 Å². The van der Waals surface area contributed by atoms with Crippen LogP contribution in [0.3, 0.4) is 0 Å². The summed E-state index contributed by atoms with van der Waals surface area (Å²) in [6.45, 7) is 6.36. The first kappa shape index (κ1) is 9.83. The molecule has 3 nitrogen and oxygen atoms in total. The average Bonchev–Trinajstić information content (AvgIpc) is 2.33. The molecule has 0 aliphatic carbocycles. The van der Waals surface area contributed by atoms with Gasteiger partial charge in [-0.05, 0) is 29.0 Å². The lowest BCUT2D eigenvalue weighted by molar-refractivity contribution is 0.310. The highest BCUT2D eigenvalue weighted by atomic mass is 127. The molecule has 0 saturated heterocycles. The SMILES string of the molecule is CCC(C)(C)c1onc(N)c1I. The average molecular weight is 280 g/mol. The van der Waals surface area contributed by atoms with Crippen LogP contribution < -0.4 is 5.73 Å². The Hall–Kier alpha value is -0.260. The van der Waals surface area contributed by atoms with Crippen LogP contribution in [0.25, 0.3) is 0 Å². The van der Waals surface area contributed by atoms with Crippen molar-refractivity contribution in [3.63, 3.8) is 0 Å². The van der Waals surface area contributed by atoms with Gasteiger partial charge in [-0.15, -0.1) is 0 Å². The molecular weight excluding hydrogens is 267 g/mol. The summed E-state index contributed by atoms with van der Waals surface area (Å²) in [6, 6.07) is 0. The van der Waals surface area contributed by atoms with E-state index in [0.717, 1.165) is 15.8 Å². The summed E-state index contributed by atoms with van der Waals surface area (Å²) in [5.74, 6) is 1.38. The van der Waals surface area contributed by atoms with Gasteiger partial charge in [-0.1, -0.05) is 25.9 Å². The molecule has 1 rings (SSSR count). The van der Waals surface area contributed by atoms with Crippen LogP contribution in [0, 0.1) is 3.57 Å². The predicted molar refractivity (Wildman–Crippen MR) is 56.9 cm³/mol. The summed E-state index contributed by atoms with van der Waals surface area (Å²) in [5, 5.41) is 3.73. The Balaban J connectivity index is 3.11. The molecule has 0 saturated carbocycles. The Morgan fingerprint density at radius 3 is 2.50 bits per heavy atom. The maximum atomic E-state index is 5.58. The topological polar surface area (TPSA) is 52.0 Å². The van der Waals surface area contributed by atoms with E-state index in [1.165, 1.54) is 0 Å². The van der Waals surface area contributed by atoms with Crippen LogP contribution in [-0.4, -0.2) is 5.16 Å². The van der Waals surface area contributed by atoms with Crippen molar-refractivity contribution in [1.29, 1.82) is 0 Å². The summed E-state index contributed by atoms with van der Waals surface area (Å²) in [7, 11) is 0. The number of aromatic nitrogens is 1. The number of hydrogen-bond donors (Lipinski definition) is 1. The lowest BCUT2D eigenvalue weighted by Crippen LogP contribution is -2.15. The maximum Gasteiger partial charge on any atom is 0.180 e. The highest BCUT2D eigenvalue weighted by Crippen LogP contribution is 2.32. The van der Waals surface area contributed by atoms with Crippen molar-refractivity contribution in [3.05, 3.63) is 9.33 Å². The smallest absolute Gasteiger partial charge is 0.180 e. The third-order valence-electron chi connectivity index (χ3n) is 2.16. The van der Waals surface area contributed by atoms with Gasteiger partial charge in [0.1, 0.15) is 3.57 Å². The molecule has 0 atom stereocenters. The Morgan fingerprint density at radius 1 is 1.58 bits per heavy atom. The van der Waals surface area contributed by atoms with E-state index in [2.05, 4.69) is 48.5 Å². The summed E-state index contributed by atoms with van der Waals surface area (Å²) < 4.78 is 6.11. The van der Waals surface area contributed by atoms with Gasteiger partial charge in [-0.25, -0.2) is 0 Å². The molecule has 0 spiro atoms. The van der Waals surface area contributed by atoms with Gasteiger partial charge in [0, 0.05) is 5.41 Å². The zero-order valence-corrected chi connectivity index (χ0v) is 9.68. The largest absolute Gasteiger partial charge is 0.380 e. The van der Waals surface area contributed by atoms with Crippen molar-refractivity contribution in [1.82, 2.24) is 5.16 Å². The van der Waals surface area contributed by atoms with Crippen molar-refractivity contribution >= 4 is 28.4 Å². The van der Waals surface area contributed by atoms with Crippen molar-refractivity contribution < 1.29 is 4.52 Å². The summed E-state index contributed by atoms with van der Waals surface area (Å²) in [6.07, 6.45) is 1.01. The second kappa shape index (κ2) is 3.24. The van der Waals surface area contributed by atoms with Crippen molar-refractivity contribution in [2.45, 2.75) is 32.6 Å². The number of nitrogens with two attached hydrogens (primary N) is 1. The van der Waals surface area contributed by atoms with Crippen LogP contribution >= 0.6 is 22.6 Å². The Morgan fingerprint density at radius 2 is 2.17 bits per heavy atom. The van der Waals surface area contributed by atoms with Crippen molar-refractivity contribution in [2.24, 2.45) is 0 Å². The lowest BCUT2D eigenvalue weighted by Gasteiger charge is -2.18. The van der Waals surface area contributed by atoms with Crippen molar-refractivity contribution in [3.8, 4) is 0 Å². The Bertz CT molecular complexity index is 281. The first-order chi connectivity index (χ1) is 5.49. The molecule has 68 valence electrons. The van der Waals surface area contributed by atoms with Gasteiger partial charge in [-0.3, -0.25) is 0 Å². The number of nitrogens with zero attached hydrogens (tertiary/aromatic N) is 1. The zero-order valence-electron chi connectivity index (χ0n) is 7.52. The van der Waals surface area contributed by atoms with Gasteiger partial charge >= 0.3 is 0 Å². The monoisotopic (exact) mass is 280 g/mol. The molecule has 0 aliphatic rings. The molecule has 0 fully saturated rings. The van der Waals surface area contributed by atoms with Gasteiger partial charge in [-0.2, -0.15) is 0 Å². The van der Waals surface area contributed by atoms with E-state index < -0.39 is 0 Å². The van der Waals surface area contributed by atoms with Gasteiger partial charge in [0.2, 0.25) is 0 Å².